The lowest BCUT2D eigenvalue weighted by atomic mass is 10.1. The summed E-state index contributed by atoms with van der Waals surface area (Å²) in [6, 6.07) is 0. The molecule has 1 aromatic rings. The Labute approximate surface area is 93.2 Å². The van der Waals surface area contributed by atoms with Crippen molar-refractivity contribution in [3.63, 3.8) is 0 Å². The van der Waals surface area contributed by atoms with E-state index in [1.165, 1.54) is 11.3 Å². The van der Waals surface area contributed by atoms with Gasteiger partial charge in [-0.15, -0.1) is 11.3 Å². The van der Waals surface area contributed by atoms with Crippen molar-refractivity contribution in [2.75, 3.05) is 5.75 Å². The second-order valence-corrected chi connectivity index (χ2v) is 4.89. The molecule has 1 heterocycles. The molecule has 0 bridgehead atoms. The normalized spacial score (nSPS) is 15.5. The van der Waals surface area contributed by atoms with Gasteiger partial charge in [-0.2, -0.15) is 12.6 Å². The van der Waals surface area contributed by atoms with Gasteiger partial charge >= 0.3 is 0 Å². The van der Waals surface area contributed by atoms with Crippen molar-refractivity contribution >= 4 is 24.0 Å². The van der Waals surface area contributed by atoms with Crippen LogP contribution in [-0.2, 0) is 0 Å². The highest BCUT2D eigenvalue weighted by Gasteiger charge is 2.21. The summed E-state index contributed by atoms with van der Waals surface area (Å²) >= 11 is 5.45. The number of aliphatic hydroxyl groups excluding tert-OH is 2. The fraction of sp³-hybridized carbons (Fsp3) is 0.667. The molecule has 0 aliphatic heterocycles. The molecule has 0 amide bonds. The Morgan fingerprint density at radius 2 is 2.07 bits per heavy atom. The third-order valence-electron chi connectivity index (χ3n) is 2.00. The van der Waals surface area contributed by atoms with Crippen molar-refractivity contribution in [3.05, 3.63) is 15.6 Å². The molecular formula is C9H15NO2S2. The number of hydrogen-bond acceptors (Lipinski definition) is 5. The molecular weight excluding hydrogens is 218 g/mol. The SMILES string of the molecule is Cc1nc(C)c(C(O)C(O)CCS)s1. The first kappa shape index (κ1) is 12.0. The van der Waals surface area contributed by atoms with Crippen molar-refractivity contribution in [2.45, 2.75) is 32.5 Å². The van der Waals surface area contributed by atoms with Crippen LogP contribution in [0.25, 0.3) is 0 Å². The van der Waals surface area contributed by atoms with E-state index >= 15 is 0 Å². The minimum Gasteiger partial charge on any atom is -0.390 e. The Morgan fingerprint density at radius 3 is 2.50 bits per heavy atom. The van der Waals surface area contributed by atoms with Crippen molar-refractivity contribution in [1.82, 2.24) is 4.98 Å². The lowest BCUT2D eigenvalue weighted by molar-refractivity contribution is 0.0189. The Balaban J connectivity index is 2.77. The first-order valence-electron chi connectivity index (χ1n) is 4.47. The molecule has 2 atom stereocenters. The molecule has 0 saturated carbocycles. The molecule has 0 aromatic carbocycles. The van der Waals surface area contributed by atoms with Gasteiger partial charge in [0, 0.05) is 0 Å². The largest absolute Gasteiger partial charge is 0.390 e. The van der Waals surface area contributed by atoms with Crippen LogP contribution in [0.4, 0.5) is 0 Å². The van der Waals surface area contributed by atoms with Gasteiger partial charge in [0.2, 0.25) is 0 Å². The predicted octanol–water partition coefficient (Wildman–Crippen LogP) is 1.47. The van der Waals surface area contributed by atoms with Crippen LogP contribution in [0.15, 0.2) is 0 Å². The fourth-order valence-electron chi connectivity index (χ4n) is 1.29. The van der Waals surface area contributed by atoms with Gasteiger partial charge < -0.3 is 10.2 Å². The average Bonchev–Trinajstić information content (AvgIpc) is 2.44. The maximum atomic E-state index is 9.80. The summed E-state index contributed by atoms with van der Waals surface area (Å²) in [4.78, 5) is 4.96. The minimum atomic E-state index is -0.826. The number of aromatic nitrogens is 1. The van der Waals surface area contributed by atoms with Crippen LogP contribution in [0.1, 0.15) is 28.1 Å². The van der Waals surface area contributed by atoms with Crippen LogP contribution in [0.3, 0.4) is 0 Å². The van der Waals surface area contributed by atoms with E-state index in [0.717, 1.165) is 15.6 Å². The predicted molar refractivity (Wildman–Crippen MR) is 61.0 cm³/mol. The van der Waals surface area contributed by atoms with E-state index in [4.69, 9.17) is 0 Å². The average molecular weight is 233 g/mol. The third kappa shape index (κ3) is 2.70. The summed E-state index contributed by atoms with van der Waals surface area (Å²) in [7, 11) is 0. The van der Waals surface area contributed by atoms with Gasteiger partial charge in [-0.25, -0.2) is 4.98 Å². The molecule has 80 valence electrons. The zero-order chi connectivity index (χ0) is 10.7. The zero-order valence-electron chi connectivity index (χ0n) is 8.27. The smallest absolute Gasteiger partial charge is 0.116 e. The number of hydrogen-bond donors (Lipinski definition) is 3. The van der Waals surface area contributed by atoms with E-state index in [-0.39, 0.29) is 0 Å². The molecule has 0 aliphatic carbocycles. The van der Waals surface area contributed by atoms with E-state index in [2.05, 4.69) is 17.6 Å². The summed E-state index contributed by atoms with van der Waals surface area (Å²) in [5.74, 6) is 0.565. The van der Waals surface area contributed by atoms with Crippen LogP contribution in [0.2, 0.25) is 0 Å². The number of thiazole rings is 1. The molecule has 0 radical (unpaired) electrons. The Bertz CT molecular complexity index is 301. The maximum Gasteiger partial charge on any atom is 0.116 e. The van der Waals surface area contributed by atoms with Crippen molar-refractivity contribution in [2.24, 2.45) is 0 Å². The van der Waals surface area contributed by atoms with Gasteiger partial charge in [-0.1, -0.05) is 0 Å². The van der Waals surface area contributed by atoms with Crippen molar-refractivity contribution in [1.29, 1.82) is 0 Å². The molecule has 3 nitrogen and oxygen atoms in total. The number of aliphatic hydroxyl groups is 2. The van der Waals surface area contributed by atoms with Gasteiger partial charge in [-0.05, 0) is 26.0 Å². The van der Waals surface area contributed by atoms with Crippen LogP contribution in [0.5, 0.6) is 0 Å². The van der Waals surface area contributed by atoms with Crippen LogP contribution >= 0.6 is 24.0 Å². The maximum absolute atomic E-state index is 9.80. The molecule has 0 aliphatic rings. The van der Waals surface area contributed by atoms with Crippen LogP contribution in [0, 0.1) is 13.8 Å². The van der Waals surface area contributed by atoms with E-state index in [0.29, 0.717) is 12.2 Å². The zero-order valence-corrected chi connectivity index (χ0v) is 9.98. The van der Waals surface area contributed by atoms with E-state index in [1.54, 1.807) is 0 Å². The van der Waals surface area contributed by atoms with Gasteiger partial charge in [-0.3, -0.25) is 0 Å². The molecule has 5 heteroatoms. The molecule has 2 N–H and O–H groups in total. The number of rotatable bonds is 4. The number of thiol groups is 1. The molecule has 1 rings (SSSR count). The Morgan fingerprint density at radius 1 is 1.43 bits per heavy atom. The highest BCUT2D eigenvalue weighted by atomic mass is 32.1. The van der Waals surface area contributed by atoms with Gasteiger partial charge in [0.15, 0.2) is 0 Å². The fourth-order valence-corrected chi connectivity index (χ4v) is 2.52. The molecule has 0 spiro atoms. The van der Waals surface area contributed by atoms with Crippen LogP contribution < -0.4 is 0 Å². The van der Waals surface area contributed by atoms with E-state index in [9.17, 15) is 10.2 Å². The first-order valence-corrected chi connectivity index (χ1v) is 5.92. The summed E-state index contributed by atoms with van der Waals surface area (Å²) in [5, 5.41) is 20.3. The molecule has 14 heavy (non-hydrogen) atoms. The lowest BCUT2D eigenvalue weighted by Gasteiger charge is -2.15. The molecule has 1 aromatic heterocycles. The third-order valence-corrected chi connectivity index (χ3v) is 3.40. The quantitative estimate of drug-likeness (QED) is 0.690. The molecule has 2 unspecified atom stereocenters. The second kappa shape index (κ2) is 5.11. The number of aryl methyl sites for hydroxylation is 2. The van der Waals surface area contributed by atoms with Crippen molar-refractivity contribution in [3.8, 4) is 0 Å². The highest BCUT2D eigenvalue weighted by molar-refractivity contribution is 7.80. The van der Waals surface area contributed by atoms with Gasteiger partial charge in [0.05, 0.1) is 21.7 Å². The summed E-state index contributed by atoms with van der Waals surface area (Å²) in [5.41, 5.74) is 0.804. The summed E-state index contributed by atoms with van der Waals surface area (Å²) < 4.78 is 0. The summed E-state index contributed by atoms with van der Waals surface area (Å²) in [6.07, 6.45) is -1.08. The Hall–Kier alpha value is -0.100. The first-order chi connectivity index (χ1) is 6.56. The van der Waals surface area contributed by atoms with E-state index < -0.39 is 12.2 Å². The lowest BCUT2D eigenvalue weighted by Crippen LogP contribution is -2.18. The molecule has 0 fully saturated rings. The summed E-state index contributed by atoms with van der Waals surface area (Å²) in [6.45, 7) is 3.73. The highest BCUT2D eigenvalue weighted by Crippen LogP contribution is 2.28. The monoisotopic (exact) mass is 233 g/mol. The molecule has 0 saturated heterocycles. The van der Waals surface area contributed by atoms with Crippen LogP contribution in [-0.4, -0.2) is 27.1 Å². The standard InChI is InChI=1S/C9H15NO2S2/c1-5-9(14-6(2)10-5)8(12)7(11)3-4-13/h7-8,11-13H,3-4H2,1-2H3. The topological polar surface area (TPSA) is 53.4 Å². The number of nitrogens with zero attached hydrogens (tertiary/aromatic N) is 1. The Kier molecular flexibility index (Phi) is 4.37. The van der Waals surface area contributed by atoms with E-state index in [1.807, 2.05) is 13.8 Å². The van der Waals surface area contributed by atoms with Gasteiger partial charge in [0.25, 0.3) is 0 Å². The second-order valence-electron chi connectivity index (χ2n) is 3.21. The van der Waals surface area contributed by atoms with Gasteiger partial charge in [0.1, 0.15) is 6.10 Å². The minimum absolute atomic E-state index is 0.487. The van der Waals surface area contributed by atoms with Crippen molar-refractivity contribution < 1.29 is 10.2 Å².